The van der Waals surface area contributed by atoms with E-state index in [1.54, 1.807) is 12.3 Å². The van der Waals surface area contributed by atoms with Crippen molar-refractivity contribution in [2.24, 2.45) is 5.10 Å². The van der Waals surface area contributed by atoms with Crippen LogP contribution in [0.1, 0.15) is 32.6 Å². The minimum atomic E-state index is -0.615. The highest BCUT2D eigenvalue weighted by molar-refractivity contribution is 5.98. The molecule has 118 valence electrons. The summed E-state index contributed by atoms with van der Waals surface area (Å²) in [4.78, 5) is 22.4. The SMILES string of the molecule is Cc1cc(C)c(/C=N\NC(=O)c2ccccc2[N+](=O)[O-])c(C)c1. The van der Waals surface area contributed by atoms with Gasteiger partial charge in [-0.2, -0.15) is 5.10 Å². The molecule has 2 aromatic carbocycles. The van der Waals surface area contributed by atoms with E-state index in [0.29, 0.717) is 0 Å². The lowest BCUT2D eigenvalue weighted by Gasteiger charge is -2.06. The van der Waals surface area contributed by atoms with Gasteiger partial charge in [0.2, 0.25) is 0 Å². The van der Waals surface area contributed by atoms with E-state index in [-0.39, 0.29) is 11.3 Å². The highest BCUT2D eigenvalue weighted by Crippen LogP contribution is 2.17. The Balaban J connectivity index is 2.19. The maximum atomic E-state index is 12.1. The summed E-state index contributed by atoms with van der Waals surface area (Å²) in [5.74, 6) is -0.615. The average molecular weight is 311 g/mol. The first-order chi connectivity index (χ1) is 10.9. The Bertz CT molecular complexity index is 774. The number of rotatable bonds is 4. The zero-order valence-electron chi connectivity index (χ0n) is 13.2. The molecule has 0 aromatic heterocycles. The normalized spacial score (nSPS) is 10.7. The molecule has 1 N–H and O–H groups in total. The van der Waals surface area contributed by atoms with E-state index >= 15 is 0 Å². The summed E-state index contributed by atoms with van der Waals surface area (Å²) in [5.41, 5.74) is 6.23. The van der Waals surface area contributed by atoms with Crippen LogP contribution in [0.2, 0.25) is 0 Å². The third-order valence-corrected chi connectivity index (χ3v) is 3.44. The van der Waals surface area contributed by atoms with Crippen molar-refractivity contribution in [1.29, 1.82) is 0 Å². The smallest absolute Gasteiger partial charge is 0.267 e. The molecule has 0 radical (unpaired) electrons. The average Bonchev–Trinajstić information content (AvgIpc) is 2.49. The number of nitro groups is 1. The molecule has 0 aliphatic heterocycles. The van der Waals surface area contributed by atoms with Gasteiger partial charge in [-0.3, -0.25) is 14.9 Å². The molecule has 0 bridgehead atoms. The Morgan fingerprint density at radius 1 is 1.17 bits per heavy atom. The van der Waals surface area contributed by atoms with Gasteiger partial charge < -0.3 is 0 Å². The van der Waals surface area contributed by atoms with Crippen molar-refractivity contribution < 1.29 is 9.72 Å². The van der Waals surface area contributed by atoms with E-state index in [1.165, 1.54) is 18.2 Å². The summed E-state index contributed by atoms with van der Waals surface area (Å²) in [6.45, 7) is 5.94. The van der Waals surface area contributed by atoms with Crippen LogP contribution >= 0.6 is 0 Å². The van der Waals surface area contributed by atoms with E-state index in [4.69, 9.17) is 0 Å². The minimum Gasteiger partial charge on any atom is -0.267 e. The molecule has 0 aliphatic carbocycles. The number of carbonyl (C=O) groups excluding carboxylic acids is 1. The van der Waals surface area contributed by atoms with Gasteiger partial charge in [-0.25, -0.2) is 5.43 Å². The molecule has 0 heterocycles. The molecule has 23 heavy (non-hydrogen) atoms. The van der Waals surface area contributed by atoms with Gasteiger partial charge in [0.1, 0.15) is 5.56 Å². The van der Waals surface area contributed by atoms with Crippen LogP contribution in [-0.2, 0) is 0 Å². The second-order valence-corrected chi connectivity index (χ2v) is 5.29. The number of carbonyl (C=O) groups is 1. The van der Waals surface area contributed by atoms with Crippen LogP contribution in [0.5, 0.6) is 0 Å². The van der Waals surface area contributed by atoms with Gasteiger partial charge in [-0.1, -0.05) is 29.8 Å². The molecule has 6 nitrogen and oxygen atoms in total. The molecular formula is C17H17N3O3. The van der Waals surface area contributed by atoms with Gasteiger partial charge in [0.15, 0.2) is 0 Å². The predicted molar refractivity (Wildman–Crippen MR) is 88.8 cm³/mol. The lowest BCUT2D eigenvalue weighted by Crippen LogP contribution is -2.19. The second kappa shape index (κ2) is 6.83. The van der Waals surface area contributed by atoms with Crippen molar-refractivity contribution in [3.8, 4) is 0 Å². The number of benzene rings is 2. The van der Waals surface area contributed by atoms with E-state index in [2.05, 4.69) is 10.5 Å². The Morgan fingerprint density at radius 3 is 2.39 bits per heavy atom. The molecule has 0 fully saturated rings. The summed E-state index contributed by atoms with van der Waals surface area (Å²) >= 11 is 0. The van der Waals surface area contributed by atoms with Gasteiger partial charge in [0, 0.05) is 11.6 Å². The Labute approximate surface area is 134 Å². The first kappa shape index (κ1) is 16.4. The Hall–Kier alpha value is -3.02. The van der Waals surface area contributed by atoms with E-state index in [9.17, 15) is 14.9 Å². The first-order valence-electron chi connectivity index (χ1n) is 7.05. The fourth-order valence-electron chi connectivity index (χ4n) is 2.44. The molecular weight excluding hydrogens is 294 g/mol. The van der Waals surface area contributed by atoms with Crippen LogP contribution < -0.4 is 5.43 Å². The number of nitrogens with one attached hydrogen (secondary N) is 1. The number of hydrogen-bond donors (Lipinski definition) is 1. The van der Waals surface area contributed by atoms with Crippen molar-refractivity contribution >= 4 is 17.8 Å². The highest BCUT2D eigenvalue weighted by atomic mass is 16.6. The molecule has 2 rings (SSSR count). The third-order valence-electron chi connectivity index (χ3n) is 3.44. The van der Waals surface area contributed by atoms with Crippen molar-refractivity contribution in [3.63, 3.8) is 0 Å². The minimum absolute atomic E-state index is 0.0213. The van der Waals surface area contributed by atoms with Crippen LogP contribution in [0.4, 0.5) is 5.69 Å². The molecule has 0 saturated carbocycles. The lowest BCUT2D eigenvalue weighted by atomic mass is 10.0. The number of nitro benzene ring substituents is 1. The first-order valence-corrected chi connectivity index (χ1v) is 7.05. The summed E-state index contributed by atoms with van der Waals surface area (Å²) in [5, 5.41) is 14.9. The standard InChI is InChI=1S/C17H17N3O3/c1-11-8-12(2)15(13(3)9-11)10-18-19-17(21)14-6-4-5-7-16(14)20(22)23/h4-10H,1-3H3,(H,19,21)/b18-10-. The maximum Gasteiger partial charge on any atom is 0.282 e. The monoisotopic (exact) mass is 311 g/mol. The molecule has 1 amide bonds. The predicted octanol–water partition coefficient (Wildman–Crippen LogP) is 3.28. The Kier molecular flexibility index (Phi) is 4.85. The van der Waals surface area contributed by atoms with E-state index in [1.807, 2.05) is 32.9 Å². The van der Waals surface area contributed by atoms with Crippen LogP contribution in [0, 0.1) is 30.9 Å². The zero-order chi connectivity index (χ0) is 17.0. The summed E-state index contributed by atoms with van der Waals surface area (Å²) in [6.07, 6.45) is 1.55. The van der Waals surface area contributed by atoms with Crippen LogP contribution in [0.3, 0.4) is 0 Å². The summed E-state index contributed by atoms with van der Waals surface area (Å²) in [7, 11) is 0. The van der Waals surface area contributed by atoms with Crippen molar-refractivity contribution in [3.05, 3.63) is 74.3 Å². The second-order valence-electron chi connectivity index (χ2n) is 5.29. The number of hydrazone groups is 1. The summed E-state index contributed by atoms with van der Waals surface area (Å²) in [6, 6.07) is 9.81. The summed E-state index contributed by atoms with van der Waals surface area (Å²) < 4.78 is 0. The molecule has 2 aromatic rings. The fourth-order valence-corrected chi connectivity index (χ4v) is 2.44. The zero-order valence-corrected chi connectivity index (χ0v) is 13.2. The van der Waals surface area contributed by atoms with Crippen LogP contribution in [-0.4, -0.2) is 17.0 Å². The van der Waals surface area contributed by atoms with Crippen molar-refractivity contribution in [1.82, 2.24) is 5.43 Å². The van der Waals surface area contributed by atoms with Crippen LogP contribution in [0.15, 0.2) is 41.5 Å². The number of hydrogen-bond acceptors (Lipinski definition) is 4. The van der Waals surface area contributed by atoms with Crippen molar-refractivity contribution in [2.45, 2.75) is 20.8 Å². The number of amides is 1. The largest absolute Gasteiger partial charge is 0.282 e. The quantitative estimate of drug-likeness (QED) is 0.534. The van der Waals surface area contributed by atoms with Crippen molar-refractivity contribution in [2.75, 3.05) is 0 Å². The molecule has 0 saturated heterocycles. The molecule has 0 aliphatic rings. The van der Waals surface area contributed by atoms with Crippen LogP contribution in [0.25, 0.3) is 0 Å². The molecule has 0 spiro atoms. The van der Waals surface area contributed by atoms with E-state index in [0.717, 1.165) is 22.3 Å². The molecule has 0 unspecified atom stereocenters. The number of para-hydroxylation sites is 1. The van der Waals surface area contributed by atoms with Gasteiger partial charge in [0.25, 0.3) is 11.6 Å². The van der Waals surface area contributed by atoms with E-state index < -0.39 is 10.8 Å². The van der Waals surface area contributed by atoms with Gasteiger partial charge in [-0.05, 0) is 38.0 Å². The highest BCUT2D eigenvalue weighted by Gasteiger charge is 2.18. The fraction of sp³-hybridized carbons (Fsp3) is 0.176. The molecule has 0 atom stereocenters. The third kappa shape index (κ3) is 3.79. The topological polar surface area (TPSA) is 84.6 Å². The number of nitrogens with zero attached hydrogens (tertiary/aromatic N) is 2. The maximum absolute atomic E-state index is 12.1. The van der Waals surface area contributed by atoms with Gasteiger partial charge >= 0.3 is 0 Å². The number of aryl methyl sites for hydroxylation is 3. The molecule has 6 heteroatoms. The lowest BCUT2D eigenvalue weighted by molar-refractivity contribution is -0.385. The van der Waals surface area contributed by atoms with Gasteiger partial charge in [0.05, 0.1) is 11.1 Å². The Morgan fingerprint density at radius 2 is 1.78 bits per heavy atom. The van der Waals surface area contributed by atoms with Gasteiger partial charge in [-0.15, -0.1) is 0 Å².